The Bertz CT molecular complexity index is 932. The summed E-state index contributed by atoms with van der Waals surface area (Å²) in [6.07, 6.45) is 4.32. The molecule has 0 fully saturated rings. The first kappa shape index (κ1) is 15.5. The van der Waals surface area contributed by atoms with Gasteiger partial charge in [-0.2, -0.15) is 0 Å². The van der Waals surface area contributed by atoms with Crippen LogP contribution in [0.15, 0.2) is 53.3 Å². The minimum absolute atomic E-state index is 0.106. The van der Waals surface area contributed by atoms with Crippen molar-refractivity contribution in [3.63, 3.8) is 0 Å². The van der Waals surface area contributed by atoms with Crippen LogP contribution >= 0.6 is 11.6 Å². The highest BCUT2D eigenvalue weighted by Gasteiger charge is 2.06. The van der Waals surface area contributed by atoms with E-state index in [1.165, 1.54) is 0 Å². The Morgan fingerprint density at radius 2 is 2.09 bits per heavy atom. The minimum Gasteiger partial charge on any atom is -0.396 e. The minimum atomic E-state index is -0.192. The third-order valence-electron chi connectivity index (χ3n) is 3.43. The maximum Gasteiger partial charge on any atom is 0.259 e. The lowest BCUT2D eigenvalue weighted by Crippen LogP contribution is -2.09. The zero-order chi connectivity index (χ0) is 16.2. The SMILES string of the molecule is O=c1[nH]c(-c2cccc(Cl)c2)nc2ccc(C=CCCO)cc12. The van der Waals surface area contributed by atoms with E-state index in [1.807, 2.05) is 36.4 Å². The molecular formula is C18H15ClN2O2. The predicted molar refractivity (Wildman–Crippen MR) is 93.5 cm³/mol. The number of H-pyrrole nitrogens is 1. The standard InChI is InChI=1S/C18H15ClN2O2/c19-14-6-3-5-13(11-14)17-20-16-8-7-12(4-1-2-9-22)10-15(16)18(23)21-17/h1,3-8,10-11,22H,2,9H2,(H,20,21,23). The van der Waals surface area contributed by atoms with E-state index < -0.39 is 0 Å². The van der Waals surface area contributed by atoms with E-state index in [0.717, 1.165) is 11.1 Å². The summed E-state index contributed by atoms with van der Waals surface area (Å²) in [6, 6.07) is 12.7. The fourth-order valence-corrected chi connectivity index (χ4v) is 2.52. The average Bonchev–Trinajstić information content (AvgIpc) is 2.55. The molecule has 0 unspecified atom stereocenters. The molecule has 0 radical (unpaired) electrons. The van der Waals surface area contributed by atoms with E-state index in [9.17, 15) is 4.79 Å². The number of aromatic amines is 1. The van der Waals surface area contributed by atoms with Crippen molar-refractivity contribution in [1.82, 2.24) is 9.97 Å². The smallest absolute Gasteiger partial charge is 0.259 e. The van der Waals surface area contributed by atoms with Crippen molar-refractivity contribution in [1.29, 1.82) is 0 Å². The van der Waals surface area contributed by atoms with Gasteiger partial charge in [-0.1, -0.05) is 42.0 Å². The number of rotatable bonds is 4. The Labute approximate surface area is 138 Å². The molecule has 23 heavy (non-hydrogen) atoms. The van der Waals surface area contributed by atoms with Crippen molar-refractivity contribution in [3.8, 4) is 11.4 Å². The van der Waals surface area contributed by atoms with Gasteiger partial charge in [0, 0.05) is 17.2 Å². The van der Waals surface area contributed by atoms with E-state index in [-0.39, 0.29) is 12.2 Å². The van der Waals surface area contributed by atoms with Crippen LogP contribution in [0.25, 0.3) is 28.4 Å². The Kier molecular flexibility index (Phi) is 4.55. The molecule has 116 valence electrons. The fraction of sp³-hybridized carbons (Fsp3) is 0.111. The van der Waals surface area contributed by atoms with Crippen LogP contribution < -0.4 is 5.56 Å². The number of hydrogen-bond acceptors (Lipinski definition) is 3. The van der Waals surface area contributed by atoms with E-state index in [1.54, 1.807) is 18.2 Å². The molecule has 3 rings (SSSR count). The van der Waals surface area contributed by atoms with E-state index >= 15 is 0 Å². The number of aliphatic hydroxyl groups excluding tert-OH is 1. The molecule has 2 N–H and O–H groups in total. The van der Waals surface area contributed by atoms with Gasteiger partial charge in [-0.15, -0.1) is 0 Å². The van der Waals surface area contributed by atoms with Crippen LogP contribution in [0.2, 0.25) is 5.02 Å². The Morgan fingerprint density at radius 3 is 2.87 bits per heavy atom. The summed E-state index contributed by atoms with van der Waals surface area (Å²) in [5.74, 6) is 0.494. The normalized spacial score (nSPS) is 11.4. The summed E-state index contributed by atoms with van der Waals surface area (Å²) in [4.78, 5) is 19.7. The van der Waals surface area contributed by atoms with Crippen LogP contribution in [-0.2, 0) is 0 Å². The van der Waals surface area contributed by atoms with Crippen LogP contribution in [0.5, 0.6) is 0 Å². The predicted octanol–water partition coefficient (Wildman–Crippen LogP) is 3.64. The van der Waals surface area contributed by atoms with Gasteiger partial charge in [0.25, 0.3) is 5.56 Å². The van der Waals surface area contributed by atoms with Crippen LogP contribution in [-0.4, -0.2) is 21.7 Å². The van der Waals surface area contributed by atoms with Crippen LogP contribution in [0.1, 0.15) is 12.0 Å². The number of nitrogens with one attached hydrogen (secondary N) is 1. The molecule has 1 heterocycles. The van der Waals surface area contributed by atoms with Crippen LogP contribution in [0, 0.1) is 0 Å². The Balaban J connectivity index is 2.06. The number of aliphatic hydroxyl groups is 1. The molecular weight excluding hydrogens is 312 g/mol. The third-order valence-corrected chi connectivity index (χ3v) is 3.67. The molecule has 0 amide bonds. The highest BCUT2D eigenvalue weighted by Crippen LogP contribution is 2.20. The summed E-state index contributed by atoms with van der Waals surface area (Å²) in [5.41, 5.74) is 2.10. The van der Waals surface area contributed by atoms with Gasteiger partial charge in [-0.05, 0) is 36.2 Å². The van der Waals surface area contributed by atoms with E-state index in [4.69, 9.17) is 16.7 Å². The monoisotopic (exact) mass is 326 g/mol. The molecule has 0 bridgehead atoms. The van der Waals surface area contributed by atoms with Gasteiger partial charge in [-0.3, -0.25) is 4.79 Å². The molecule has 5 heteroatoms. The van der Waals surface area contributed by atoms with Gasteiger partial charge in [0.05, 0.1) is 10.9 Å². The molecule has 0 spiro atoms. The second kappa shape index (κ2) is 6.77. The zero-order valence-corrected chi connectivity index (χ0v) is 13.0. The first-order chi connectivity index (χ1) is 11.2. The quantitative estimate of drug-likeness (QED) is 0.769. The molecule has 0 saturated heterocycles. The molecule has 1 aromatic heterocycles. The first-order valence-corrected chi connectivity index (χ1v) is 7.62. The van der Waals surface area contributed by atoms with Crippen molar-refractivity contribution in [3.05, 3.63) is 69.5 Å². The summed E-state index contributed by atoms with van der Waals surface area (Å²) in [6.45, 7) is 0.106. The van der Waals surface area contributed by atoms with Crippen molar-refractivity contribution in [2.24, 2.45) is 0 Å². The van der Waals surface area contributed by atoms with E-state index in [2.05, 4.69) is 9.97 Å². The van der Waals surface area contributed by atoms with Gasteiger partial charge < -0.3 is 10.1 Å². The molecule has 3 aromatic rings. The topological polar surface area (TPSA) is 66.0 Å². The van der Waals surface area contributed by atoms with Crippen LogP contribution in [0.4, 0.5) is 0 Å². The Hall–Kier alpha value is -2.43. The zero-order valence-electron chi connectivity index (χ0n) is 12.3. The number of halogens is 1. The second-order valence-corrected chi connectivity index (χ2v) is 5.55. The fourth-order valence-electron chi connectivity index (χ4n) is 2.33. The maximum atomic E-state index is 12.3. The molecule has 0 saturated carbocycles. The van der Waals surface area contributed by atoms with Gasteiger partial charge in [0.15, 0.2) is 0 Å². The van der Waals surface area contributed by atoms with Crippen molar-refractivity contribution in [2.45, 2.75) is 6.42 Å². The van der Waals surface area contributed by atoms with Gasteiger partial charge in [0.1, 0.15) is 5.82 Å². The second-order valence-electron chi connectivity index (χ2n) is 5.12. The highest BCUT2D eigenvalue weighted by molar-refractivity contribution is 6.30. The summed E-state index contributed by atoms with van der Waals surface area (Å²) >= 11 is 5.99. The molecule has 0 aliphatic carbocycles. The van der Waals surface area contributed by atoms with Crippen molar-refractivity contribution in [2.75, 3.05) is 6.61 Å². The lowest BCUT2D eigenvalue weighted by molar-refractivity contribution is 0.303. The molecule has 2 aromatic carbocycles. The number of aromatic nitrogens is 2. The summed E-state index contributed by atoms with van der Waals surface area (Å²) in [5, 5.41) is 9.91. The number of nitrogens with zero attached hydrogens (tertiary/aromatic N) is 1. The lowest BCUT2D eigenvalue weighted by atomic mass is 10.1. The summed E-state index contributed by atoms with van der Waals surface area (Å²) < 4.78 is 0. The maximum absolute atomic E-state index is 12.3. The number of benzene rings is 2. The lowest BCUT2D eigenvalue weighted by Gasteiger charge is -2.04. The molecule has 0 atom stereocenters. The highest BCUT2D eigenvalue weighted by atomic mass is 35.5. The van der Waals surface area contributed by atoms with Gasteiger partial charge in [-0.25, -0.2) is 4.98 Å². The van der Waals surface area contributed by atoms with E-state index in [0.29, 0.717) is 28.2 Å². The first-order valence-electron chi connectivity index (χ1n) is 7.25. The Morgan fingerprint density at radius 1 is 1.22 bits per heavy atom. The average molecular weight is 327 g/mol. The van der Waals surface area contributed by atoms with Crippen molar-refractivity contribution < 1.29 is 5.11 Å². The largest absolute Gasteiger partial charge is 0.396 e. The summed E-state index contributed by atoms with van der Waals surface area (Å²) in [7, 11) is 0. The molecule has 0 aliphatic heterocycles. The number of fused-ring (bicyclic) bond motifs is 1. The van der Waals surface area contributed by atoms with Crippen LogP contribution in [0.3, 0.4) is 0 Å². The van der Waals surface area contributed by atoms with Crippen molar-refractivity contribution >= 4 is 28.6 Å². The third kappa shape index (κ3) is 3.50. The molecule has 0 aliphatic rings. The molecule has 4 nitrogen and oxygen atoms in total. The number of hydrogen-bond donors (Lipinski definition) is 2. The van der Waals surface area contributed by atoms with Gasteiger partial charge >= 0.3 is 0 Å². The van der Waals surface area contributed by atoms with Gasteiger partial charge in [0.2, 0.25) is 0 Å².